The van der Waals surface area contributed by atoms with Crippen molar-refractivity contribution in [2.24, 2.45) is 0 Å². The fraction of sp³-hybridized carbons (Fsp3) is 0. The van der Waals surface area contributed by atoms with E-state index in [1.54, 1.807) is 59.0 Å². The molecule has 5 aromatic heterocycles. The Morgan fingerprint density at radius 2 is 1.44 bits per heavy atom. The lowest BCUT2D eigenvalue weighted by molar-refractivity contribution is 0.842. The predicted octanol–water partition coefficient (Wildman–Crippen LogP) is 3.65. The van der Waals surface area contributed by atoms with Crippen LogP contribution in [0.15, 0.2) is 80.7 Å². The first-order valence-corrected chi connectivity index (χ1v) is 9.84. The van der Waals surface area contributed by atoms with Crippen LogP contribution < -0.4 is 0 Å². The van der Waals surface area contributed by atoms with Crippen LogP contribution in [0.4, 0.5) is 0 Å². The van der Waals surface area contributed by atoms with Crippen LogP contribution in [-0.2, 0) is 0 Å². The maximum atomic E-state index is 4.76. The van der Waals surface area contributed by atoms with Gasteiger partial charge in [0.1, 0.15) is 12.7 Å². The van der Waals surface area contributed by atoms with E-state index in [1.165, 1.54) is 0 Å². The van der Waals surface area contributed by atoms with Crippen LogP contribution in [-0.4, -0.2) is 44.0 Å². The van der Waals surface area contributed by atoms with Gasteiger partial charge in [-0.3, -0.25) is 19.1 Å². The van der Waals surface area contributed by atoms with Crippen LogP contribution in [0, 0.1) is 0 Å². The molecular weight excluding hydrogens is 402 g/mol. The topological polar surface area (TPSA) is 100 Å². The minimum absolute atomic E-state index is 0.448. The Balaban J connectivity index is 1.71. The van der Waals surface area contributed by atoms with Gasteiger partial charge in [-0.05, 0) is 23.8 Å². The Morgan fingerprint density at radius 3 is 2.09 bits per heavy atom. The second kappa shape index (κ2) is 7.17. The van der Waals surface area contributed by atoms with Crippen molar-refractivity contribution in [1.29, 1.82) is 0 Å². The molecule has 9 nitrogen and oxygen atoms in total. The average molecular weight is 417 g/mol. The molecule has 32 heavy (non-hydrogen) atoms. The predicted molar refractivity (Wildman–Crippen MR) is 120 cm³/mol. The molecule has 1 aromatic carbocycles. The number of hydrogen-bond donors (Lipinski definition) is 0. The smallest absolute Gasteiger partial charge is 0.240 e. The summed E-state index contributed by atoms with van der Waals surface area (Å²) in [7, 11) is 0. The van der Waals surface area contributed by atoms with Gasteiger partial charge in [-0.2, -0.15) is 15.0 Å². The Bertz CT molecular complexity index is 1530. The van der Waals surface area contributed by atoms with E-state index < -0.39 is 0 Å². The van der Waals surface area contributed by atoms with Gasteiger partial charge < -0.3 is 0 Å². The Hall–Kier alpha value is -4.79. The third kappa shape index (κ3) is 2.83. The normalized spacial score (nSPS) is 11.2. The van der Waals surface area contributed by atoms with E-state index in [2.05, 4.69) is 31.5 Å². The highest BCUT2D eigenvalue weighted by atomic mass is 15.3. The number of imidazole rings is 2. The summed E-state index contributed by atoms with van der Waals surface area (Å²) in [4.78, 5) is 31.6. The van der Waals surface area contributed by atoms with Crippen LogP contribution in [0.2, 0.25) is 0 Å². The number of aromatic nitrogens is 9. The quantitative estimate of drug-likeness (QED) is 0.404. The van der Waals surface area contributed by atoms with E-state index in [0.717, 1.165) is 32.9 Å². The summed E-state index contributed by atoms with van der Waals surface area (Å²) in [6, 6.07) is 7.85. The van der Waals surface area contributed by atoms with E-state index in [1.807, 2.05) is 30.3 Å². The molecule has 0 bridgehead atoms. The molecule has 0 saturated carbocycles. The molecule has 152 valence electrons. The summed E-state index contributed by atoms with van der Waals surface area (Å²) in [5, 5.41) is 1.82. The molecule has 0 aliphatic carbocycles. The van der Waals surface area contributed by atoms with Gasteiger partial charge in [-0.25, -0.2) is 9.97 Å². The molecule has 6 rings (SSSR count). The Morgan fingerprint density at radius 1 is 0.750 bits per heavy atom. The number of fused-ring (bicyclic) bond motifs is 3. The fourth-order valence-electron chi connectivity index (χ4n) is 3.69. The standard InChI is InChI=1S/C23H15N9/c1-2-15-5-7-27-20-17(15)12-18(16-4-3-6-26-19(16)20)21-28-22(31-10-8-24-13-31)30-23(29-21)32-11-9-25-14-32/h2-14H,1H2. The van der Waals surface area contributed by atoms with Gasteiger partial charge >= 0.3 is 0 Å². The summed E-state index contributed by atoms with van der Waals surface area (Å²) >= 11 is 0. The van der Waals surface area contributed by atoms with E-state index in [4.69, 9.17) is 9.97 Å². The maximum Gasteiger partial charge on any atom is 0.240 e. The van der Waals surface area contributed by atoms with Crippen molar-refractivity contribution in [3.63, 3.8) is 0 Å². The van der Waals surface area contributed by atoms with Crippen molar-refractivity contribution in [3.8, 4) is 23.3 Å². The van der Waals surface area contributed by atoms with Gasteiger partial charge in [0.05, 0.1) is 11.0 Å². The SMILES string of the molecule is C=Cc1ccnc2c1cc(-c1nc(-n3ccnc3)nc(-n3ccnc3)n1)c1cccnc12. The molecule has 0 atom stereocenters. The van der Waals surface area contributed by atoms with Gasteiger partial charge in [0.2, 0.25) is 11.9 Å². The summed E-state index contributed by atoms with van der Waals surface area (Å²) in [5.41, 5.74) is 3.36. The zero-order valence-corrected chi connectivity index (χ0v) is 16.7. The lowest BCUT2D eigenvalue weighted by Gasteiger charge is -2.12. The van der Waals surface area contributed by atoms with Crippen LogP contribution in [0.1, 0.15) is 5.56 Å². The molecular formula is C23H15N9. The molecule has 6 aromatic rings. The lowest BCUT2D eigenvalue weighted by Crippen LogP contribution is -2.08. The number of nitrogens with zero attached hydrogens (tertiary/aromatic N) is 9. The molecule has 0 unspecified atom stereocenters. The number of hydrogen-bond acceptors (Lipinski definition) is 7. The van der Waals surface area contributed by atoms with Gasteiger partial charge in [0.25, 0.3) is 0 Å². The van der Waals surface area contributed by atoms with Crippen molar-refractivity contribution in [3.05, 3.63) is 86.2 Å². The van der Waals surface area contributed by atoms with Crippen molar-refractivity contribution in [1.82, 2.24) is 44.0 Å². The van der Waals surface area contributed by atoms with Crippen molar-refractivity contribution < 1.29 is 0 Å². The van der Waals surface area contributed by atoms with E-state index in [-0.39, 0.29) is 0 Å². The molecule has 0 saturated heterocycles. The molecule has 0 fully saturated rings. The molecule has 9 heteroatoms. The minimum Gasteiger partial charge on any atom is -0.274 e. The Kier molecular flexibility index (Phi) is 4.04. The lowest BCUT2D eigenvalue weighted by atomic mass is 10.0. The molecule has 5 heterocycles. The largest absolute Gasteiger partial charge is 0.274 e. The summed E-state index contributed by atoms with van der Waals surface area (Å²) < 4.78 is 3.48. The molecule has 0 spiro atoms. The molecule has 0 N–H and O–H groups in total. The highest BCUT2D eigenvalue weighted by Gasteiger charge is 2.17. The summed E-state index contributed by atoms with van der Waals surface area (Å²) in [5.74, 6) is 1.40. The molecule has 0 aliphatic rings. The van der Waals surface area contributed by atoms with E-state index in [9.17, 15) is 0 Å². The van der Waals surface area contributed by atoms with Crippen molar-refractivity contribution >= 4 is 27.9 Å². The molecule has 0 amide bonds. The third-order valence-electron chi connectivity index (χ3n) is 5.18. The zero-order valence-electron chi connectivity index (χ0n) is 16.7. The van der Waals surface area contributed by atoms with Crippen molar-refractivity contribution in [2.75, 3.05) is 0 Å². The first kappa shape index (κ1) is 18.0. The number of pyridine rings is 2. The second-order valence-corrected chi connectivity index (χ2v) is 7.02. The first-order chi connectivity index (χ1) is 15.8. The first-order valence-electron chi connectivity index (χ1n) is 9.84. The number of rotatable bonds is 4. The van der Waals surface area contributed by atoms with Crippen LogP contribution in [0.3, 0.4) is 0 Å². The van der Waals surface area contributed by atoms with Crippen molar-refractivity contribution in [2.45, 2.75) is 0 Å². The molecule has 0 radical (unpaired) electrons. The van der Waals surface area contributed by atoms with E-state index in [0.29, 0.717) is 17.7 Å². The third-order valence-corrected chi connectivity index (χ3v) is 5.18. The highest BCUT2D eigenvalue weighted by Crippen LogP contribution is 2.33. The fourth-order valence-corrected chi connectivity index (χ4v) is 3.69. The minimum atomic E-state index is 0.448. The van der Waals surface area contributed by atoms with Crippen LogP contribution in [0.25, 0.3) is 51.2 Å². The van der Waals surface area contributed by atoms with Gasteiger partial charge in [-0.15, -0.1) is 0 Å². The van der Waals surface area contributed by atoms with Crippen LogP contribution in [0.5, 0.6) is 0 Å². The Labute approximate surface area is 181 Å². The van der Waals surface area contributed by atoms with Gasteiger partial charge in [0.15, 0.2) is 5.82 Å². The zero-order chi connectivity index (χ0) is 21.5. The average Bonchev–Trinajstić information content (AvgIpc) is 3.58. The molecule has 0 aliphatic heterocycles. The summed E-state index contributed by atoms with van der Waals surface area (Å²) in [6.07, 6.45) is 15.6. The summed E-state index contributed by atoms with van der Waals surface area (Å²) in [6.45, 7) is 3.95. The second-order valence-electron chi connectivity index (χ2n) is 7.02. The van der Waals surface area contributed by atoms with E-state index >= 15 is 0 Å². The van der Waals surface area contributed by atoms with Gasteiger partial charge in [0, 0.05) is 53.5 Å². The number of benzene rings is 1. The van der Waals surface area contributed by atoms with Gasteiger partial charge in [-0.1, -0.05) is 18.7 Å². The monoisotopic (exact) mass is 417 g/mol. The maximum absolute atomic E-state index is 4.76. The van der Waals surface area contributed by atoms with Crippen LogP contribution >= 0.6 is 0 Å². The highest BCUT2D eigenvalue weighted by molar-refractivity contribution is 6.11.